The van der Waals surface area contributed by atoms with Crippen LogP contribution in [-0.2, 0) is 0 Å². The van der Waals surface area contributed by atoms with Crippen molar-refractivity contribution >= 4 is 11.9 Å². The van der Waals surface area contributed by atoms with Crippen LogP contribution < -0.4 is 4.90 Å². The number of carboxylic acid groups (broad SMARTS) is 1. The Hall–Kier alpha value is -1.69. The van der Waals surface area contributed by atoms with Crippen LogP contribution in [0.4, 0.5) is 5.95 Å². The highest BCUT2D eigenvalue weighted by Crippen LogP contribution is 2.17. The highest BCUT2D eigenvalue weighted by Gasteiger charge is 2.22. The number of hydrogen-bond acceptors (Lipinski definition) is 5. The van der Waals surface area contributed by atoms with Crippen molar-refractivity contribution in [3.05, 3.63) is 18.0 Å². The molecule has 0 aromatic carbocycles. The first-order valence-electron chi connectivity index (χ1n) is 6.04. The molecule has 6 heteroatoms. The zero-order valence-corrected chi connectivity index (χ0v) is 10.7. The molecule has 0 bridgehead atoms. The van der Waals surface area contributed by atoms with Crippen LogP contribution in [0.3, 0.4) is 0 Å². The summed E-state index contributed by atoms with van der Waals surface area (Å²) in [5.74, 6) is -0.431. The summed E-state index contributed by atoms with van der Waals surface area (Å²) in [4.78, 5) is 23.2. The fraction of sp³-hybridized carbons (Fsp3) is 0.583. The number of hydrogen-bond donors (Lipinski definition) is 1. The van der Waals surface area contributed by atoms with Crippen molar-refractivity contribution in [3.8, 4) is 0 Å². The topological polar surface area (TPSA) is 69.6 Å². The van der Waals surface area contributed by atoms with Gasteiger partial charge in [-0.15, -0.1) is 0 Å². The highest BCUT2D eigenvalue weighted by molar-refractivity contribution is 5.86. The molecule has 6 nitrogen and oxygen atoms in total. The van der Waals surface area contributed by atoms with Gasteiger partial charge < -0.3 is 14.9 Å². The molecular weight excluding hydrogens is 232 g/mol. The quantitative estimate of drug-likeness (QED) is 0.848. The van der Waals surface area contributed by atoms with E-state index in [9.17, 15) is 4.79 Å². The molecule has 1 fully saturated rings. The van der Waals surface area contributed by atoms with E-state index in [1.165, 1.54) is 25.2 Å². The van der Waals surface area contributed by atoms with Crippen LogP contribution in [0.1, 0.15) is 23.2 Å². The van der Waals surface area contributed by atoms with E-state index >= 15 is 0 Å². The molecule has 1 unspecified atom stereocenters. The van der Waals surface area contributed by atoms with Crippen molar-refractivity contribution in [2.45, 2.75) is 18.9 Å². The van der Waals surface area contributed by atoms with Gasteiger partial charge in [-0.05, 0) is 26.4 Å². The Bertz CT molecular complexity index is 421. The largest absolute Gasteiger partial charge is 0.478 e. The van der Waals surface area contributed by atoms with Gasteiger partial charge in [0.1, 0.15) is 0 Å². The van der Waals surface area contributed by atoms with E-state index in [1.54, 1.807) is 0 Å². The van der Waals surface area contributed by atoms with Gasteiger partial charge >= 0.3 is 5.97 Å². The standard InChI is InChI=1S/C12H18N4O2/c1-15-5-3-4-10(15)8-16(2)12-13-6-9(7-14-12)11(17)18/h6-7,10H,3-5,8H2,1-2H3,(H,17,18). The number of anilines is 1. The van der Waals surface area contributed by atoms with Crippen LogP contribution in [-0.4, -0.2) is 59.2 Å². The second-order valence-electron chi connectivity index (χ2n) is 4.73. The molecule has 1 N–H and O–H groups in total. The maximum Gasteiger partial charge on any atom is 0.338 e. The van der Waals surface area contributed by atoms with Gasteiger partial charge in [-0.25, -0.2) is 14.8 Å². The van der Waals surface area contributed by atoms with Crippen molar-refractivity contribution in [3.63, 3.8) is 0 Å². The summed E-state index contributed by atoms with van der Waals surface area (Å²) in [7, 11) is 4.06. The van der Waals surface area contributed by atoms with E-state index in [4.69, 9.17) is 5.11 Å². The lowest BCUT2D eigenvalue weighted by Gasteiger charge is -2.25. The Morgan fingerprint density at radius 3 is 2.72 bits per heavy atom. The third-order valence-corrected chi connectivity index (χ3v) is 3.38. The molecule has 1 saturated heterocycles. The number of carbonyl (C=O) groups is 1. The molecule has 1 aliphatic heterocycles. The second-order valence-corrected chi connectivity index (χ2v) is 4.73. The lowest BCUT2D eigenvalue weighted by atomic mass is 10.2. The van der Waals surface area contributed by atoms with Crippen LogP contribution in [0, 0.1) is 0 Å². The minimum Gasteiger partial charge on any atom is -0.478 e. The molecule has 1 atom stereocenters. The summed E-state index contributed by atoms with van der Waals surface area (Å²) in [5, 5.41) is 8.78. The average molecular weight is 250 g/mol. The molecule has 0 amide bonds. The Balaban J connectivity index is 2.00. The van der Waals surface area contributed by atoms with Crippen LogP contribution in [0.2, 0.25) is 0 Å². The average Bonchev–Trinajstić information content (AvgIpc) is 2.75. The minimum absolute atomic E-state index is 0.116. The number of likely N-dealkylation sites (tertiary alicyclic amines) is 1. The summed E-state index contributed by atoms with van der Waals surface area (Å²) in [6, 6.07) is 0.526. The van der Waals surface area contributed by atoms with E-state index < -0.39 is 5.97 Å². The molecule has 1 aliphatic rings. The number of aromatic nitrogens is 2. The van der Waals surface area contributed by atoms with Gasteiger partial charge in [-0.2, -0.15) is 0 Å². The van der Waals surface area contributed by atoms with E-state index in [0.717, 1.165) is 13.1 Å². The maximum atomic E-state index is 10.7. The summed E-state index contributed by atoms with van der Waals surface area (Å²) in [6.45, 7) is 2.00. The maximum absolute atomic E-state index is 10.7. The van der Waals surface area contributed by atoms with Crippen molar-refractivity contribution in [1.82, 2.24) is 14.9 Å². The zero-order chi connectivity index (χ0) is 13.1. The number of nitrogens with zero attached hydrogens (tertiary/aromatic N) is 4. The fourth-order valence-electron chi connectivity index (χ4n) is 2.24. The first-order valence-corrected chi connectivity index (χ1v) is 6.04. The third-order valence-electron chi connectivity index (χ3n) is 3.38. The zero-order valence-electron chi connectivity index (χ0n) is 10.7. The molecule has 18 heavy (non-hydrogen) atoms. The molecule has 98 valence electrons. The fourth-order valence-corrected chi connectivity index (χ4v) is 2.24. The van der Waals surface area contributed by atoms with E-state index in [2.05, 4.69) is 21.9 Å². The number of likely N-dealkylation sites (N-methyl/N-ethyl adjacent to an activating group) is 2. The Kier molecular flexibility index (Phi) is 3.76. The summed E-state index contributed by atoms with van der Waals surface area (Å²) in [5.41, 5.74) is 0.116. The molecule has 1 aromatic heterocycles. The Morgan fingerprint density at radius 1 is 1.56 bits per heavy atom. The van der Waals surface area contributed by atoms with Crippen molar-refractivity contribution in [2.24, 2.45) is 0 Å². The number of aromatic carboxylic acids is 1. The first-order chi connectivity index (χ1) is 8.58. The van der Waals surface area contributed by atoms with E-state index in [-0.39, 0.29) is 5.56 Å². The summed E-state index contributed by atoms with van der Waals surface area (Å²) in [6.07, 6.45) is 5.11. The van der Waals surface area contributed by atoms with Gasteiger partial charge in [0.05, 0.1) is 5.56 Å². The smallest absolute Gasteiger partial charge is 0.338 e. The SMILES string of the molecule is CN(CC1CCCN1C)c1ncc(C(=O)O)cn1. The molecule has 1 aromatic rings. The van der Waals surface area contributed by atoms with Gasteiger partial charge in [0.15, 0.2) is 0 Å². The van der Waals surface area contributed by atoms with Crippen LogP contribution in [0.5, 0.6) is 0 Å². The van der Waals surface area contributed by atoms with Gasteiger partial charge in [-0.1, -0.05) is 0 Å². The summed E-state index contributed by atoms with van der Waals surface area (Å²) < 4.78 is 0. The lowest BCUT2D eigenvalue weighted by Crippen LogP contribution is -2.37. The van der Waals surface area contributed by atoms with Crippen molar-refractivity contribution in [2.75, 3.05) is 32.1 Å². The minimum atomic E-state index is -1.00. The van der Waals surface area contributed by atoms with E-state index in [1.807, 2.05) is 11.9 Å². The Morgan fingerprint density at radius 2 is 2.22 bits per heavy atom. The molecule has 2 heterocycles. The van der Waals surface area contributed by atoms with Crippen molar-refractivity contribution in [1.29, 1.82) is 0 Å². The van der Waals surface area contributed by atoms with Gasteiger partial charge in [-0.3, -0.25) is 0 Å². The van der Waals surface area contributed by atoms with Crippen molar-refractivity contribution < 1.29 is 9.90 Å². The summed E-state index contributed by atoms with van der Waals surface area (Å²) >= 11 is 0. The van der Waals surface area contributed by atoms with Crippen LogP contribution in [0.25, 0.3) is 0 Å². The molecule has 0 spiro atoms. The molecule has 0 radical (unpaired) electrons. The highest BCUT2D eigenvalue weighted by atomic mass is 16.4. The lowest BCUT2D eigenvalue weighted by molar-refractivity contribution is 0.0696. The Labute approximate surface area is 106 Å². The number of carboxylic acids is 1. The van der Waals surface area contributed by atoms with Gasteiger partial charge in [0.25, 0.3) is 0 Å². The predicted octanol–water partition coefficient (Wildman–Crippen LogP) is 0.705. The second kappa shape index (κ2) is 5.30. The normalized spacial score (nSPS) is 20.0. The van der Waals surface area contributed by atoms with E-state index in [0.29, 0.717) is 12.0 Å². The third kappa shape index (κ3) is 2.76. The van der Waals surface area contributed by atoms with Crippen LogP contribution >= 0.6 is 0 Å². The molecule has 0 saturated carbocycles. The number of rotatable bonds is 4. The monoisotopic (exact) mass is 250 g/mol. The molecular formula is C12H18N4O2. The van der Waals surface area contributed by atoms with Crippen LogP contribution in [0.15, 0.2) is 12.4 Å². The molecule has 2 rings (SSSR count). The van der Waals surface area contributed by atoms with Gasteiger partial charge in [0, 0.05) is 32.0 Å². The first kappa shape index (κ1) is 12.8. The predicted molar refractivity (Wildman–Crippen MR) is 67.9 cm³/mol. The molecule has 0 aliphatic carbocycles. The van der Waals surface area contributed by atoms with Gasteiger partial charge in [0.2, 0.25) is 5.95 Å².